The normalized spacial score (nSPS) is 12.6. The molecule has 0 saturated heterocycles. The van der Waals surface area contributed by atoms with Crippen LogP contribution in [-0.4, -0.2) is 6.54 Å². The van der Waals surface area contributed by atoms with Gasteiger partial charge in [-0.15, -0.1) is 0 Å². The van der Waals surface area contributed by atoms with Crippen molar-refractivity contribution in [2.75, 3.05) is 6.54 Å². The molecule has 1 N–H and O–H groups in total. The maximum Gasteiger partial charge on any atom is 0.105 e. The van der Waals surface area contributed by atoms with Crippen LogP contribution < -0.4 is 5.32 Å². The zero-order chi connectivity index (χ0) is 13.0. The summed E-state index contributed by atoms with van der Waals surface area (Å²) in [6, 6.07) is 10.4. The number of furan rings is 1. The van der Waals surface area contributed by atoms with Crippen molar-refractivity contribution in [3.8, 4) is 0 Å². The van der Waals surface area contributed by atoms with Crippen molar-refractivity contribution < 1.29 is 4.42 Å². The van der Waals surface area contributed by atoms with Gasteiger partial charge in [0.2, 0.25) is 0 Å². The zero-order valence-corrected chi connectivity index (χ0v) is 13.3. The fraction of sp³-hybridized carbons (Fsp3) is 0.286. The minimum Gasteiger partial charge on any atom is -0.469 e. The number of hydrogen-bond donors (Lipinski definition) is 1. The van der Waals surface area contributed by atoms with Crippen molar-refractivity contribution in [3.05, 3.63) is 56.9 Å². The van der Waals surface area contributed by atoms with Gasteiger partial charge in [0.25, 0.3) is 0 Å². The Labute approximate surface area is 124 Å². The lowest BCUT2D eigenvalue weighted by atomic mass is 10.0. The van der Waals surface area contributed by atoms with Crippen LogP contribution in [0.2, 0.25) is 0 Å². The third-order valence-corrected chi connectivity index (χ3v) is 3.98. The molecule has 1 heterocycles. The molecule has 4 heteroatoms. The van der Waals surface area contributed by atoms with E-state index in [1.807, 2.05) is 18.2 Å². The summed E-state index contributed by atoms with van der Waals surface area (Å²) in [4.78, 5) is 0. The lowest BCUT2D eigenvalue weighted by molar-refractivity contribution is 0.454. The molecule has 18 heavy (non-hydrogen) atoms. The highest BCUT2D eigenvalue weighted by Gasteiger charge is 2.15. The monoisotopic (exact) mass is 371 g/mol. The maximum atomic E-state index is 5.43. The Balaban J connectivity index is 2.26. The number of likely N-dealkylation sites (N-methyl/N-ethyl adjacent to an activating group) is 1. The third kappa shape index (κ3) is 3.46. The van der Waals surface area contributed by atoms with Gasteiger partial charge in [-0.2, -0.15) is 0 Å². The summed E-state index contributed by atoms with van der Waals surface area (Å²) < 4.78 is 7.64. The van der Waals surface area contributed by atoms with E-state index in [1.54, 1.807) is 6.26 Å². The molecule has 2 rings (SSSR count). The molecule has 0 aliphatic carbocycles. The van der Waals surface area contributed by atoms with Gasteiger partial charge in [-0.3, -0.25) is 0 Å². The topological polar surface area (TPSA) is 25.2 Å². The van der Waals surface area contributed by atoms with Gasteiger partial charge in [0.05, 0.1) is 6.26 Å². The van der Waals surface area contributed by atoms with Crippen molar-refractivity contribution in [2.45, 2.75) is 19.4 Å². The summed E-state index contributed by atoms with van der Waals surface area (Å²) in [6.45, 7) is 3.03. The molecule has 0 saturated carbocycles. The van der Waals surface area contributed by atoms with Crippen LogP contribution in [-0.2, 0) is 6.42 Å². The number of rotatable bonds is 5. The van der Waals surface area contributed by atoms with Gasteiger partial charge in [-0.1, -0.05) is 38.8 Å². The van der Waals surface area contributed by atoms with Crippen molar-refractivity contribution >= 4 is 31.9 Å². The van der Waals surface area contributed by atoms with E-state index in [-0.39, 0.29) is 6.04 Å². The number of nitrogens with one attached hydrogen (secondary N) is 1. The molecule has 1 atom stereocenters. The Morgan fingerprint density at radius 3 is 2.78 bits per heavy atom. The predicted molar refractivity (Wildman–Crippen MR) is 80.7 cm³/mol. The molecule has 2 aromatic rings. The van der Waals surface area contributed by atoms with E-state index in [2.05, 4.69) is 56.2 Å². The van der Waals surface area contributed by atoms with Crippen molar-refractivity contribution in [2.24, 2.45) is 0 Å². The molecule has 1 aromatic carbocycles. The zero-order valence-electron chi connectivity index (χ0n) is 10.1. The minimum absolute atomic E-state index is 0.244. The first-order chi connectivity index (χ1) is 8.70. The second-order valence-electron chi connectivity index (χ2n) is 4.06. The SMILES string of the molecule is CCNC(Cc1ccco1)c1cc(Br)ccc1Br. The average Bonchev–Trinajstić information content (AvgIpc) is 2.85. The van der Waals surface area contributed by atoms with Gasteiger partial charge < -0.3 is 9.73 Å². The Hall–Kier alpha value is -0.580. The quantitative estimate of drug-likeness (QED) is 0.822. The molecular weight excluding hydrogens is 358 g/mol. The predicted octanol–water partition coefficient (Wildman–Crippen LogP) is 4.70. The van der Waals surface area contributed by atoms with E-state index in [4.69, 9.17) is 4.42 Å². The molecule has 96 valence electrons. The Morgan fingerprint density at radius 2 is 2.11 bits per heavy atom. The smallest absolute Gasteiger partial charge is 0.105 e. The molecule has 2 nitrogen and oxygen atoms in total. The van der Waals surface area contributed by atoms with E-state index in [0.29, 0.717) is 0 Å². The first-order valence-corrected chi connectivity index (χ1v) is 7.50. The fourth-order valence-electron chi connectivity index (χ4n) is 1.95. The lowest BCUT2D eigenvalue weighted by Gasteiger charge is -2.19. The highest BCUT2D eigenvalue weighted by molar-refractivity contribution is 9.11. The van der Waals surface area contributed by atoms with Crippen LogP contribution in [0, 0.1) is 0 Å². The number of hydrogen-bond acceptors (Lipinski definition) is 2. The van der Waals surface area contributed by atoms with E-state index >= 15 is 0 Å². The lowest BCUT2D eigenvalue weighted by Crippen LogP contribution is -2.23. The summed E-state index contributed by atoms with van der Waals surface area (Å²) in [5, 5.41) is 3.49. The van der Waals surface area contributed by atoms with Gasteiger partial charge in [0.1, 0.15) is 5.76 Å². The summed E-state index contributed by atoms with van der Waals surface area (Å²) >= 11 is 7.14. The molecule has 0 fully saturated rings. The molecule has 1 aromatic heterocycles. The van der Waals surface area contributed by atoms with E-state index < -0.39 is 0 Å². The van der Waals surface area contributed by atoms with Gasteiger partial charge in [0.15, 0.2) is 0 Å². The van der Waals surface area contributed by atoms with Crippen LogP contribution in [0.3, 0.4) is 0 Å². The van der Waals surface area contributed by atoms with Gasteiger partial charge in [-0.05, 0) is 42.4 Å². The fourth-order valence-corrected chi connectivity index (χ4v) is 2.85. The highest BCUT2D eigenvalue weighted by atomic mass is 79.9. The van der Waals surface area contributed by atoms with Gasteiger partial charge >= 0.3 is 0 Å². The van der Waals surface area contributed by atoms with Crippen LogP contribution >= 0.6 is 31.9 Å². The summed E-state index contributed by atoms with van der Waals surface area (Å²) in [7, 11) is 0. The van der Waals surface area contributed by atoms with Gasteiger partial charge in [-0.25, -0.2) is 0 Å². The number of halogens is 2. The largest absolute Gasteiger partial charge is 0.469 e. The molecule has 0 aliphatic rings. The Bertz CT molecular complexity index is 497. The summed E-state index contributed by atoms with van der Waals surface area (Å²) in [6.07, 6.45) is 2.56. The van der Waals surface area contributed by atoms with Crippen LogP contribution in [0.5, 0.6) is 0 Å². The summed E-state index contributed by atoms with van der Waals surface area (Å²) in [5.74, 6) is 0.993. The molecular formula is C14H15Br2NO. The third-order valence-electron chi connectivity index (χ3n) is 2.77. The first-order valence-electron chi connectivity index (χ1n) is 5.91. The van der Waals surface area contributed by atoms with Crippen molar-refractivity contribution in [1.82, 2.24) is 5.32 Å². The Morgan fingerprint density at radius 1 is 1.28 bits per heavy atom. The van der Waals surface area contributed by atoms with Crippen LogP contribution in [0.15, 0.2) is 50.0 Å². The molecule has 0 spiro atoms. The maximum absolute atomic E-state index is 5.43. The van der Waals surface area contributed by atoms with Crippen LogP contribution in [0.4, 0.5) is 0 Å². The minimum atomic E-state index is 0.244. The second kappa shape index (κ2) is 6.55. The molecule has 1 unspecified atom stereocenters. The standard InChI is InChI=1S/C14H15Br2NO/c1-2-17-14(9-11-4-3-7-18-11)12-8-10(15)5-6-13(12)16/h3-8,14,17H,2,9H2,1H3. The number of benzene rings is 1. The second-order valence-corrected chi connectivity index (χ2v) is 5.83. The van der Waals surface area contributed by atoms with Crippen molar-refractivity contribution in [3.63, 3.8) is 0 Å². The van der Waals surface area contributed by atoms with Crippen LogP contribution in [0.1, 0.15) is 24.3 Å². The van der Waals surface area contributed by atoms with Crippen molar-refractivity contribution in [1.29, 1.82) is 0 Å². The van der Waals surface area contributed by atoms with Gasteiger partial charge in [0, 0.05) is 21.4 Å². The molecule has 0 radical (unpaired) electrons. The summed E-state index contributed by atoms with van der Waals surface area (Å²) in [5.41, 5.74) is 1.24. The molecule has 0 amide bonds. The average molecular weight is 373 g/mol. The van der Waals surface area contributed by atoms with E-state index in [0.717, 1.165) is 27.7 Å². The molecule has 0 aliphatic heterocycles. The van der Waals surface area contributed by atoms with Crippen LogP contribution in [0.25, 0.3) is 0 Å². The van der Waals surface area contributed by atoms with E-state index in [9.17, 15) is 0 Å². The highest BCUT2D eigenvalue weighted by Crippen LogP contribution is 2.29. The van der Waals surface area contributed by atoms with E-state index in [1.165, 1.54) is 5.56 Å². The molecule has 0 bridgehead atoms. The Kier molecular flexibility index (Phi) is 5.03. The first kappa shape index (κ1) is 13.8.